The van der Waals surface area contributed by atoms with Gasteiger partial charge in [0.2, 0.25) is 0 Å². The molecule has 2 nitrogen and oxygen atoms in total. The molecule has 0 radical (unpaired) electrons. The number of hydrogen-bond acceptors (Lipinski definition) is 2. The lowest BCUT2D eigenvalue weighted by atomic mass is 10.1. The zero-order valence-corrected chi connectivity index (χ0v) is 9.89. The summed E-state index contributed by atoms with van der Waals surface area (Å²) in [5.41, 5.74) is 3.06. The van der Waals surface area contributed by atoms with Gasteiger partial charge in [-0.1, -0.05) is 6.07 Å². The molecule has 70 valence electrons. The molecule has 0 amide bonds. The Morgan fingerprint density at radius 3 is 2.71 bits per heavy atom. The van der Waals surface area contributed by atoms with Gasteiger partial charge in [0.1, 0.15) is 0 Å². The minimum absolute atomic E-state index is 0.932. The van der Waals surface area contributed by atoms with Gasteiger partial charge in [0.15, 0.2) is 0 Å². The maximum Gasteiger partial charge on any atom is 0.0916 e. The van der Waals surface area contributed by atoms with Crippen LogP contribution in [0.2, 0.25) is 0 Å². The van der Waals surface area contributed by atoms with E-state index >= 15 is 0 Å². The lowest BCUT2D eigenvalue weighted by Crippen LogP contribution is -1.91. The lowest BCUT2D eigenvalue weighted by Gasteiger charge is -2.03. The molecule has 3 heteroatoms. The monoisotopic (exact) mass is 296 g/mol. The van der Waals surface area contributed by atoms with Crippen LogP contribution in [0.15, 0.2) is 36.7 Å². The summed E-state index contributed by atoms with van der Waals surface area (Å²) in [6.45, 7) is 2.05. The zero-order valence-electron chi connectivity index (χ0n) is 7.74. The smallest absolute Gasteiger partial charge is 0.0916 e. The van der Waals surface area contributed by atoms with E-state index in [9.17, 15) is 0 Å². The Balaban J connectivity index is 2.53. The minimum atomic E-state index is 0.932. The van der Waals surface area contributed by atoms with Crippen LogP contribution in [0.3, 0.4) is 0 Å². The average Bonchev–Trinajstić information content (AvgIpc) is 2.19. The first-order valence-electron chi connectivity index (χ1n) is 4.31. The Kier molecular flexibility index (Phi) is 2.77. The van der Waals surface area contributed by atoms with Crippen LogP contribution in [-0.2, 0) is 0 Å². The summed E-state index contributed by atoms with van der Waals surface area (Å²) in [6.07, 6.45) is 3.64. The fraction of sp³-hybridized carbons (Fsp3) is 0.0909. The van der Waals surface area contributed by atoms with Crippen LogP contribution in [0.25, 0.3) is 11.4 Å². The Labute approximate surface area is 96.6 Å². The van der Waals surface area contributed by atoms with Gasteiger partial charge in [-0.3, -0.25) is 9.97 Å². The normalized spacial score (nSPS) is 10.1. The van der Waals surface area contributed by atoms with Gasteiger partial charge in [-0.05, 0) is 53.3 Å². The fourth-order valence-corrected chi connectivity index (χ4v) is 1.92. The second-order valence-electron chi connectivity index (χ2n) is 3.03. The van der Waals surface area contributed by atoms with Gasteiger partial charge >= 0.3 is 0 Å². The summed E-state index contributed by atoms with van der Waals surface area (Å²) in [6, 6.07) is 7.97. The summed E-state index contributed by atoms with van der Waals surface area (Å²) in [7, 11) is 0. The molecule has 2 aromatic heterocycles. The number of nitrogens with zero attached hydrogens (tertiary/aromatic N) is 2. The maximum absolute atomic E-state index is 4.38. The number of aromatic nitrogens is 2. The number of rotatable bonds is 1. The van der Waals surface area contributed by atoms with Gasteiger partial charge in [-0.25, -0.2) is 0 Å². The van der Waals surface area contributed by atoms with E-state index in [0.29, 0.717) is 0 Å². The van der Waals surface area contributed by atoms with Crippen LogP contribution < -0.4 is 0 Å². The van der Waals surface area contributed by atoms with Crippen molar-refractivity contribution in [1.29, 1.82) is 0 Å². The highest BCUT2D eigenvalue weighted by atomic mass is 127. The molecule has 0 spiro atoms. The molecule has 2 rings (SSSR count). The van der Waals surface area contributed by atoms with Crippen molar-refractivity contribution in [2.75, 3.05) is 0 Å². The second kappa shape index (κ2) is 4.04. The molecule has 0 saturated carbocycles. The first-order valence-corrected chi connectivity index (χ1v) is 5.39. The lowest BCUT2D eigenvalue weighted by molar-refractivity contribution is 1.20. The molecule has 0 aliphatic rings. The molecular formula is C11H9IN2. The van der Waals surface area contributed by atoms with E-state index < -0.39 is 0 Å². The second-order valence-corrected chi connectivity index (χ2v) is 4.28. The zero-order chi connectivity index (χ0) is 9.97. The molecule has 0 unspecified atom stereocenters. The van der Waals surface area contributed by atoms with E-state index in [4.69, 9.17) is 0 Å². The highest BCUT2D eigenvalue weighted by Crippen LogP contribution is 2.19. The predicted octanol–water partition coefficient (Wildman–Crippen LogP) is 3.06. The molecule has 0 aliphatic carbocycles. The molecule has 0 N–H and O–H groups in total. The Morgan fingerprint density at radius 2 is 2.07 bits per heavy atom. The summed E-state index contributed by atoms with van der Waals surface area (Å²) in [5, 5.41) is 0. The van der Waals surface area contributed by atoms with Crippen LogP contribution in [-0.4, -0.2) is 9.97 Å². The van der Waals surface area contributed by atoms with Crippen molar-refractivity contribution in [2.24, 2.45) is 0 Å². The van der Waals surface area contributed by atoms with E-state index in [1.54, 1.807) is 6.20 Å². The van der Waals surface area contributed by atoms with Gasteiger partial charge in [0.05, 0.1) is 11.4 Å². The van der Waals surface area contributed by atoms with Crippen molar-refractivity contribution in [2.45, 2.75) is 6.92 Å². The van der Waals surface area contributed by atoms with Crippen molar-refractivity contribution < 1.29 is 0 Å². The number of hydrogen-bond donors (Lipinski definition) is 0. The van der Waals surface area contributed by atoms with Crippen LogP contribution >= 0.6 is 22.6 Å². The standard InChI is InChI=1S/C11H9IN2/c1-8-6-9(12)7-14-11(8)10-4-2-3-5-13-10/h2-7H,1H3. The molecule has 0 atom stereocenters. The summed E-state index contributed by atoms with van der Waals surface area (Å²) in [4.78, 5) is 8.65. The third kappa shape index (κ3) is 1.92. The first kappa shape index (κ1) is 9.58. The predicted molar refractivity (Wildman–Crippen MR) is 64.9 cm³/mol. The molecule has 0 fully saturated rings. The first-order chi connectivity index (χ1) is 6.77. The summed E-state index contributed by atoms with van der Waals surface area (Å²) in [5.74, 6) is 0. The largest absolute Gasteiger partial charge is 0.255 e. The molecular weight excluding hydrogens is 287 g/mol. The molecule has 14 heavy (non-hydrogen) atoms. The van der Waals surface area contributed by atoms with Gasteiger partial charge in [-0.15, -0.1) is 0 Å². The van der Waals surface area contributed by atoms with Gasteiger partial charge < -0.3 is 0 Å². The van der Waals surface area contributed by atoms with Crippen molar-refractivity contribution >= 4 is 22.6 Å². The number of pyridine rings is 2. The number of aryl methyl sites for hydroxylation is 1. The van der Waals surface area contributed by atoms with Gasteiger partial charge in [-0.2, -0.15) is 0 Å². The van der Waals surface area contributed by atoms with Crippen molar-refractivity contribution in [1.82, 2.24) is 9.97 Å². The Hall–Kier alpha value is -0.970. The fourth-order valence-electron chi connectivity index (χ4n) is 1.31. The molecule has 0 aromatic carbocycles. The molecule has 2 aromatic rings. The Bertz CT molecular complexity index is 440. The van der Waals surface area contributed by atoms with E-state index in [1.165, 1.54) is 0 Å². The van der Waals surface area contributed by atoms with Gasteiger partial charge in [0, 0.05) is 16.0 Å². The number of halogens is 1. The van der Waals surface area contributed by atoms with Crippen LogP contribution in [0.4, 0.5) is 0 Å². The highest BCUT2D eigenvalue weighted by Gasteiger charge is 2.03. The van der Waals surface area contributed by atoms with E-state index in [1.807, 2.05) is 24.4 Å². The van der Waals surface area contributed by atoms with Crippen molar-refractivity contribution in [3.8, 4) is 11.4 Å². The molecule has 0 saturated heterocycles. The SMILES string of the molecule is Cc1cc(I)cnc1-c1ccccn1. The van der Waals surface area contributed by atoms with Gasteiger partial charge in [0.25, 0.3) is 0 Å². The topological polar surface area (TPSA) is 25.8 Å². The van der Waals surface area contributed by atoms with Crippen molar-refractivity contribution in [3.63, 3.8) is 0 Å². The maximum atomic E-state index is 4.38. The van der Waals surface area contributed by atoms with E-state index in [2.05, 4.69) is 45.5 Å². The van der Waals surface area contributed by atoms with E-state index in [0.717, 1.165) is 20.5 Å². The molecule has 0 aliphatic heterocycles. The average molecular weight is 296 g/mol. The van der Waals surface area contributed by atoms with Crippen LogP contribution in [0.5, 0.6) is 0 Å². The Morgan fingerprint density at radius 1 is 1.21 bits per heavy atom. The third-order valence-corrected chi connectivity index (χ3v) is 2.54. The van der Waals surface area contributed by atoms with E-state index in [-0.39, 0.29) is 0 Å². The quantitative estimate of drug-likeness (QED) is 0.756. The minimum Gasteiger partial charge on any atom is -0.255 e. The molecule has 2 heterocycles. The van der Waals surface area contributed by atoms with Crippen molar-refractivity contribution in [3.05, 3.63) is 45.8 Å². The third-order valence-electron chi connectivity index (χ3n) is 1.95. The van der Waals surface area contributed by atoms with Crippen LogP contribution in [0, 0.1) is 10.5 Å². The summed E-state index contributed by atoms with van der Waals surface area (Å²) < 4.78 is 1.15. The van der Waals surface area contributed by atoms with Crippen LogP contribution in [0.1, 0.15) is 5.56 Å². The molecule has 0 bridgehead atoms. The highest BCUT2D eigenvalue weighted by molar-refractivity contribution is 14.1. The summed E-state index contributed by atoms with van der Waals surface area (Å²) >= 11 is 2.26.